The van der Waals surface area contributed by atoms with Crippen LogP contribution in [0.5, 0.6) is 0 Å². The van der Waals surface area contributed by atoms with Gasteiger partial charge in [-0.15, -0.1) is 0 Å². The van der Waals surface area contributed by atoms with Crippen molar-refractivity contribution in [1.29, 1.82) is 0 Å². The van der Waals surface area contributed by atoms with Crippen molar-refractivity contribution in [1.82, 2.24) is 0 Å². The van der Waals surface area contributed by atoms with Crippen molar-refractivity contribution in [2.24, 2.45) is 0 Å². The number of alkyl halides is 2. The van der Waals surface area contributed by atoms with Gasteiger partial charge in [0, 0.05) is 0 Å². The Morgan fingerprint density at radius 1 is 1.11 bits per heavy atom. The molecule has 9 heavy (non-hydrogen) atoms. The summed E-state index contributed by atoms with van der Waals surface area (Å²) in [5, 5.41) is 0. The van der Waals surface area contributed by atoms with Gasteiger partial charge in [0.15, 0.2) is 0 Å². The van der Waals surface area contributed by atoms with E-state index in [1.165, 1.54) is 0 Å². The molecule has 1 aliphatic rings. The quantitative estimate of drug-likeness (QED) is 0.279. The van der Waals surface area contributed by atoms with Crippen LogP contribution >= 0.6 is 45.2 Å². The van der Waals surface area contributed by atoms with Crippen LogP contribution in [0.15, 0.2) is 0 Å². The summed E-state index contributed by atoms with van der Waals surface area (Å²) in [4.78, 5) is 21.1. The summed E-state index contributed by atoms with van der Waals surface area (Å²) in [5.41, 5.74) is 0. The van der Waals surface area contributed by atoms with Gasteiger partial charge in [0.05, 0.1) is 0 Å². The molecule has 3 nitrogen and oxygen atoms in total. The highest BCUT2D eigenvalue weighted by Gasteiger charge is 2.40. The van der Waals surface area contributed by atoms with Crippen LogP contribution in [0.1, 0.15) is 0 Å². The Balaban J connectivity index is 2.77. The molecule has 0 bridgehead atoms. The van der Waals surface area contributed by atoms with Gasteiger partial charge in [-0.1, -0.05) is 45.2 Å². The largest absolute Gasteiger partial charge is 0.391 e. The molecular weight excluding hydrogens is 350 g/mol. The average molecular weight is 352 g/mol. The molecule has 0 aliphatic carbocycles. The molecule has 1 saturated heterocycles. The fourth-order valence-electron chi connectivity index (χ4n) is 0.451. The second-order valence-corrected chi connectivity index (χ2v) is 4.23. The van der Waals surface area contributed by atoms with Gasteiger partial charge in [0.2, 0.25) is 0 Å². The molecule has 0 N–H and O–H groups in total. The molecule has 0 aromatic heterocycles. The number of carbonyl (C=O) groups is 2. The molecule has 50 valence electrons. The smallest absolute Gasteiger partial charge is 0.328 e. The molecular formula is C4H2I2O3. The first-order valence-corrected chi connectivity index (χ1v) is 4.65. The van der Waals surface area contributed by atoms with E-state index in [1.807, 2.05) is 45.2 Å². The first-order chi connectivity index (χ1) is 4.13. The molecule has 1 aliphatic heterocycles. The lowest BCUT2D eigenvalue weighted by atomic mass is 10.4. The summed E-state index contributed by atoms with van der Waals surface area (Å²) in [6, 6.07) is 0. The van der Waals surface area contributed by atoms with Crippen LogP contribution in [0.4, 0.5) is 0 Å². The zero-order valence-corrected chi connectivity index (χ0v) is 8.45. The number of hydrogen-bond acceptors (Lipinski definition) is 3. The van der Waals surface area contributed by atoms with Crippen molar-refractivity contribution < 1.29 is 14.3 Å². The van der Waals surface area contributed by atoms with Gasteiger partial charge in [0.25, 0.3) is 0 Å². The third-order valence-electron chi connectivity index (χ3n) is 0.908. The zero-order chi connectivity index (χ0) is 7.02. The molecule has 1 heterocycles. The summed E-state index contributed by atoms with van der Waals surface area (Å²) in [7, 11) is 0. The van der Waals surface area contributed by atoms with Crippen LogP contribution in [0.3, 0.4) is 0 Å². The van der Waals surface area contributed by atoms with Crippen molar-refractivity contribution in [3.63, 3.8) is 0 Å². The van der Waals surface area contributed by atoms with Crippen LogP contribution in [-0.2, 0) is 14.3 Å². The molecule has 0 amide bonds. The lowest BCUT2D eigenvalue weighted by Gasteiger charge is -1.92. The highest BCUT2D eigenvalue weighted by molar-refractivity contribution is 14.1. The Kier molecular flexibility index (Phi) is 2.30. The first-order valence-electron chi connectivity index (χ1n) is 2.16. The maximum absolute atomic E-state index is 10.5. The number of halogens is 2. The standard InChI is InChI=1S/C4H2I2O3/c5-1-2(6)4(8)9-3(1)7/h1-2H. The van der Waals surface area contributed by atoms with E-state index in [4.69, 9.17) is 0 Å². The van der Waals surface area contributed by atoms with Crippen molar-refractivity contribution >= 4 is 57.1 Å². The third-order valence-corrected chi connectivity index (χ3v) is 4.74. The van der Waals surface area contributed by atoms with Gasteiger partial charge >= 0.3 is 11.9 Å². The molecule has 0 aromatic carbocycles. The fourth-order valence-corrected chi connectivity index (χ4v) is 1.29. The number of esters is 2. The minimum atomic E-state index is -0.417. The lowest BCUT2D eigenvalue weighted by molar-refractivity contribution is -0.151. The van der Waals surface area contributed by atoms with Gasteiger partial charge in [0.1, 0.15) is 7.85 Å². The van der Waals surface area contributed by atoms with Gasteiger partial charge in [-0.2, -0.15) is 0 Å². The van der Waals surface area contributed by atoms with E-state index in [-0.39, 0.29) is 7.85 Å². The molecule has 1 rings (SSSR count). The maximum atomic E-state index is 10.5. The number of hydrogen-bond donors (Lipinski definition) is 0. The summed E-state index contributed by atoms with van der Waals surface area (Å²) in [6.45, 7) is 0. The van der Waals surface area contributed by atoms with E-state index in [0.717, 1.165) is 0 Å². The van der Waals surface area contributed by atoms with Crippen molar-refractivity contribution in [3.05, 3.63) is 0 Å². The van der Waals surface area contributed by atoms with Crippen LogP contribution in [-0.4, -0.2) is 19.8 Å². The molecule has 2 atom stereocenters. The maximum Gasteiger partial charge on any atom is 0.328 e. The Bertz CT molecular complexity index is 149. The lowest BCUT2D eigenvalue weighted by Crippen LogP contribution is -2.15. The summed E-state index contributed by atoms with van der Waals surface area (Å²) in [5.74, 6) is -0.833. The van der Waals surface area contributed by atoms with E-state index >= 15 is 0 Å². The Labute approximate surface area is 78.8 Å². The molecule has 0 saturated carbocycles. The third kappa shape index (κ3) is 1.36. The van der Waals surface area contributed by atoms with E-state index in [1.54, 1.807) is 0 Å². The normalized spacial score (nSPS) is 34.9. The van der Waals surface area contributed by atoms with E-state index < -0.39 is 11.9 Å². The first kappa shape index (κ1) is 7.70. The molecule has 2 unspecified atom stereocenters. The molecule has 0 spiro atoms. The van der Waals surface area contributed by atoms with Crippen molar-refractivity contribution in [3.8, 4) is 0 Å². The van der Waals surface area contributed by atoms with E-state index in [0.29, 0.717) is 0 Å². The van der Waals surface area contributed by atoms with Gasteiger partial charge < -0.3 is 4.74 Å². The van der Waals surface area contributed by atoms with Crippen LogP contribution in [0.25, 0.3) is 0 Å². The number of cyclic esters (lactones) is 2. The number of rotatable bonds is 0. The summed E-state index contributed by atoms with van der Waals surface area (Å²) >= 11 is 3.79. The van der Waals surface area contributed by atoms with Crippen LogP contribution in [0.2, 0.25) is 0 Å². The second-order valence-electron chi connectivity index (χ2n) is 1.54. The highest BCUT2D eigenvalue weighted by atomic mass is 127. The fraction of sp³-hybridized carbons (Fsp3) is 0.500. The van der Waals surface area contributed by atoms with Crippen molar-refractivity contribution in [2.45, 2.75) is 7.85 Å². The Hall–Kier alpha value is 0.600. The monoisotopic (exact) mass is 352 g/mol. The highest BCUT2D eigenvalue weighted by Crippen LogP contribution is 2.24. The SMILES string of the molecule is O=C1OC(=O)C(I)C1I. The number of ether oxygens (including phenoxy) is 1. The molecule has 0 aromatic rings. The molecule has 5 heteroatoms. The molecule has 1 fully saturated rings. The minimum Gasteiger partial charge on any atom is -0.391 e. The average Bonchev–Trinajstić information content (AvgIpc) is 1.98. The second kappa shape index (κ2) is 2.69. The zero-order valence-electron chi connectivity index (χ0n) is 4.14. The predicted molar refractivity (Wildman–Crippen MR) is 46.7 cm³/mol. The van der Waals surface area contributed by atoms with E-state index in [2.05, 4.69) is 4.74 Å². The Morgan fingerprint density at radius 3 is 1.56 bits per heavy atom. The molecule has 0 radical (unpaired) electrons. The summed E-state index contributed by atoms with van der Waals surface area (Å²) in [6.07, 6.45) is 0. The van der Waals surface area contributed by atoms with Gasteiger partial charge in [-0.05, 0) is 0 Å². The topological polar surface area (TPSA) is 43.4 Å². The van der Waals surface area contributed by atoms with Crippen molar-refractivity contribution in [2.75, 3.05) is 0 Å². The Morgan fingerprint density at radius 2 is 1.44 bits per heavy atom. The van der Waals surface area contributed by atoms with E-state index in [9.17, 15) is 9.59 Å². The van der Waals surface area contributed by atoms with Crippen LogP contribution in [0, 0.1) is 0 Å². The predicted octanol–water partition coefficient (Wildman–Crippen LogP) is 0.677. The van der Waals surface area contributed by atoms with Gasteiger partial charge in [-0.3, -0.25) is 9.59 Å². The van der Waals surface area contributed by atoms with Gasteiger partial charge in [-0.25, -0.2) is 0 Å². The number of carbonyl (C=O) groups excluding carboxylic acids is 2. The minimum absolute atomic E-state index is 0.296. The summed E-state index contributed by atoms with van der Waals surface area (Å²) < 4.78 is 3.70. The van der Waals surface area contributed by atoms with Crippen LogP contribution < -0.4 is 0 Å².